The van der Waals surface area contributed by atoms with E-state index in [1.165, 1.54) is 19.3 Å². The van der Waals surface area contributed by atoms with Crippen LogP contribution >= 0.6 is 11.6 Å². The molecule has 1 aliphatic carbocycles. The van der Waals surface area contributed by atoms with Gasteiger partial charge in [-0.2, -0.15) is 0 Å². The fraction of sp³-hybridized carbons (Fsp3) is 0.357. The van der Waals surface area contributed by atoms with Crippen LogP contribution < -0.4 is 5.32 Å². The van der Waals surface area contributed by atoms with Gasteiger partial charge in [-0.1, -0.05) is 24.4 Å². The van der Waals surface area contributed by atoms with Gasteiger partial charge < -0.3 is 5.32 Å². The molecule has 3 rings (SSSR count). The highest BCUT2D eigenvalue weighted by molar-refractivity contribution is 6.35. The van der Waals surface area contributed by atoms with E-state index in [4.69, 9.17) is 11.6 Å². The van der Waals surface area contributed by atoms with Crippen LogP contribution in [0.1, 0.15) is 19.3 Å². The van der Waals surface area contributed by atoms with Crippen LogP contribution in [0, 0.1) is 5.92 Å². The third kappa shape index (κ3) is 2.37. The van der Waals surface area contributed by atoms with Gasteiger partial charge in [0.1, 0.15) is 0 Å². The molecule has 0 bridgehead atoms. The average molecular weight is 247 g/mol. The van der Waals surface area contributed by atoms with Gasteiger partial charge in [-0.25, -0.2) is 0 Å². The van der Waals surface area contributed by atoms with E-state index >= 15 is 0 Å². The van der Waals surface area contributed by atoms with Crippen molar-refractivity contribution < 1.29 is 0 Å². The van der Waals surface area contributed by atoms with Gasteiger partial charge in [-0.05, 0) is 36.6 Å². The van der Waals surface area contributed by atoms with Crippen LogP contribution in [0.3, 0.4) is 0 Å². The predicted octanol–water partition coefficient (Wildman–Crippen LogP) is 4.10. The number of aromatic nitrogens is 1. The molecule has 2 nitrogen and oxygen atoms in total. The highest BCUT2D eigenvalue weighted by Crippen LogP contribution is 2.33. The molecule has 1 heterocycles. The van der Waals surface area contributed by atoms with Crippen LogP contribution in [0.5, 0.6) is 0 Å². The van der Waals surface area contributed by atoms with E-state index in [1.54, 1.807) is 0 Å². The van der Waals surface area contributed by atoms with Gasteiger partial charge in [0.05, 0.1) is 16.2 Å². The maximum atomic E-state index is 6.16. The number of pyridine rings is 1. The summed E-state index contributed by atoms with van der Waals surface area (Å²) < 4.78 is 0. The molecule has 1 aromatic carbocycles. The van der Waals surface area contributed by atoms with Gasteiger partial charge in [-0.3, -0.25) is 4.98 Å². The van der Waals surface area contributed by atoms with Crippen molar-refractivity contribution in [3.63, 3.8) is 0 Å². The second-order valence-electron chi connectivity index (χ2n) is 4.65. The van der Waals surface area contributed by atoms with Crippen LogP contribution in [0.2, 0.25) is 5.02 Å². The fourth-order valence-corrected chi connectivity index (χ4v) is 2.31. The van der Waals surface area contributed by atoms with Crippen molar-refractivity contribution in [2.24, 2.45) is 5.92 Å². The number of fused-ring (bicyclic) bond motifs is 1. The van der Waals surface area contributed by atoms with Crippen LogP contribution in [0.4, 0.5) is 5.69 Å². The normalized spacial score (nSPS) is 15.1. The van der Waals surface area contributed by atoms with Crippen molar-refractivity contribution in [1.29, 1.82) is 0 Å². The topological polar surface area (TPSA) is 24.9 Å². The van der Waals surface area contributed by atoms with E-state index in [2.05, 4.69) is 10.3 Å². The Bertz CT molecular complexity index is 535. The first-order valence-electron chi connectivity index (χ1n) is 6.12. The molecule has 0 amide bonds. The zero-order valence-corrected chi connectivity index (χ0v) is 10.4. The van der Waals surface area contributed by atoms with E-state index in [0.29, 0.717) is 0 Å². The molecule has 1 saturated carbocycles. The number of hydrogen-bond acceptors (Lipinski definition) is 2. The smallest absolute Gasteiger partial charge is 0.0948 e. The monoisotopic (exact) mass is 246 g/mol. The van der Waals surface area contributed by atoms with Crippen molar-refractivity contribution >= 4 is 28.2 Å². The molecule has 1 fully saturated rings. The molecule has 0 spiro atoms. The largest absolute Gasteiger partial charge is 0.383 e. The number of rotatable bonds is 4. The van der Waals surface area contributed by atoms with Crippen molar-refractivity contribution in [1.82, 2.24) is 4.98 Å². The molecule has 1 aromatic heterocycles. The van der Waals surface area contributed by atoms with Crippen molar-refractivity contribution in [3.8, 4) is 0 Å². The zero-order valence-electron chi connectivity index (χ0n) is 9.62. The maximum absolute atomic E-state index is 6.16. The Labute approximate surface area is 106 Å². The molecule has 17 heavy (non-hydrogen) atoms. The summed E-state index contributed by atoms with van der Waals surface area (Å²) in [6.45, 7) is 1.03. The zero-order chi connectivity index (χ0) is 11.7. The Balaban J connectivity index is 1.84. The van der Waals surface area contributed by atoms with Crippen molar-refractivity contribution in [2.45, 2.75) is 19.3 Å². The van der Waals surface area contributed by atoms with Crippen LogP contribution in [-0.4, -0.2) is 11.5 Å². The molecule has 1 N–H and O–H groups in total. The summed E-state index contributed by atoms with van der Waals surface area (Å²) in [6, 6.07) is 7.88. The third-order valence-electron chi connectivity index (χ3n) is 3.28. The van der Waals surface area contributed by atoms with Gasteiger partial charge in [0.25, 0.3) is 0 Å². The van der Waals surface area contributed by atoms with Gasteiger partial charge in [0.2, 0.25) is 0 Å². The summed E-state index contributed by atoms with van der Waals surface area (Å²) in [5.74, 6) is 0.953. The highest BCUT2D eigenvalue weighted by atomic mass is 35.5. The first-order valence-corrected chi connectivity index (χ1v) is 6.49. The number of benzene rings is 1. The van der Waals surface area contributed by atoms with Gasteiger partial charge in [0.15, 0.2) is 0 Å². The van der Waals surface area contributed by atoms with Gasteiger partial charge >= 0.3 is 0 Å². The first kappa shape index (κ1) is 10.8. The van der Waals surface area contributed by atoms with Crippen LogP contribution in [-0.2, 0) is 0 Å². The first-order chi connectivity index (χ1) is 8.34. The number of anilines is 1. The van der Waals surface area contributed by atoms with E-state index in [1.807, 2.05) is 30.5 Å². The Hall–Kier alpha value is -1.28. The Morgan fingerprint density at radius 2 is 2.18 bits per heavy atom. The lowest BCUT2D eigenvalue weighted by Crippen LogP contribution is -2.03. The van der Waals surface area contributed by atoms with E-state index in [9.17, 15) is 0 Å². The maximum Gasteiger partial charge on any atom is 0.0948 e. The van der Waals surface area contributed by atoms with Crippen LogP contribution in [0.25, 0.3) is 10.9 Å². The quantitative estimate of drug-likeness (QED) is 0.879. The number of hydrogen-bond donors (Lipinski definition) is 1. The van der Waals surface area contributed by atoms with Crippen molar-refractivity contribution in [3.05, 3.63) is 35.5 Å². The van der Waals surface area contributed by atoms with Gasteiger partial charge in [0, 0.05) is 18.1 Å². The summed E-state index contributed by atoms with van der Waals surface area (Å²) in [7, 11) is 0. The lowest BCUT2D eigenvalue weighted by Gasteiger charge is -2.09. The number of nitrogens with one attached hydrogen (secondary N) is 1. The van der Waals surface area contributed by atoms with Crippen LogP contribution in [0.15, 0.2) is 30.5 Å². The molecule has 2 aromatic rings. The minimum atomic E-state index is 0.765. The molecular formula is C14H15ClN2. The summed E-state index contributed by atoms with van der Waals surface area (Å²) in [4.78, 5) is 4.41. The Morgan fingerprint density at radius 3 is 3.00 bits per heavy atom. The predicted molar refractivity (Wildman–Crippen MR) is 72.6 cm³/mol. The van der Waals surface area contributed by atoms with Crippen molar-refractivity contribution in [2.75, 3.05) is 11.9 Å². The molecule has 0 radical (unpaired) electrons. The summed E-state index contributed by atoms with van der Waals surface area (Å²) in [5.41, 5.74) is 2.06. The molecule has 0 aliphatic heterocycles. The molecule has 88 valence electrons. The Kier molecular flexibility index (Phi) is 2.89. The molecular weight excluding hydrogens is 232 g/mol. The minimum absolute atomic E-state index is 0.765. The lowest BCUT2D eigenvalue weighted by atomic mass is 10.2. The standard InChI is InChI=1S/C14H15ClN2/c15-12-5-6-13(16-9-7-10-3-4-10)14-11(12)2-1-8-17-14/h1-2,5-6,8,10,16H,3-4,7,9H2. The Morgan fingerprint density at radius 1 is 1.29 bits per heavy atom. The summed E-state index contributed by atoms with van der Waals surface area (Å²) in [5, 5.41) is 5.25. The van der Waals surface area contributed by atoms with E-state index in [-0.39, 0.29) is 0 Å². The third-order valence-corrected chi connectivity index (χ3v) is 3.61. The second-order valence-corrected chi connectivity index (χ2v) is 5.06. The molecule has 0 saturated heterocycles. The molecule has 1 aliphatic rings. The van der Waals surface area contributed by atoms with E-state index in [0.717, 1.165) is 34.1 Å². The minimum Gasteiger partial charge on any atom is -0.383 e. The molecule has 0 atom stereocenters. The highest BCUT2D eigenvalue weighted by Gasteiger charge is 2.20. The number of halogens is 1. The molecule has 0 unspecified atom stereocenters. The van der Waals surface area contributed by atoms with Gasteiger partial charge in [-0.15, -0.1) is 0 Å². The SMILES string of the molecule is Clc1ccc(NCCC2CC2)c2ncccc12. The fourth-order valence-electron chi connectivity index (χ4n) is 2.10. The molecule has 3 heteroatoms. The summed E-state index contributed by atoms with van der Waals surface area (Å²) >= 11 is 6.16. The number of nitrogens with zero attached hydrogens (tertiary/aromatic N) is 1. The summed E-state index contributed by atoms with van der Waals surface area (Å²) in [6.07, 6.45) is 5.88. The lowest BCUT2D eigenvalue weighted by molar-refractivity contribution is 0.760. The average Bonchev–Trinajstić information content (AvgIpc) is 3.17. The van der Waals surface area contributed by atoms with E-state index < -0.39 is 0 Å². The second kappa shape index (κ2) is 4.53.